The van der Waals surface area contributed by atoms with E-state index in [0.29, 0.717) is 25.6 Å². The number of aliphatic carboxylic acids is 1. The molecule has 0 bridgehead atoms. The van der Waals surface area contributed by atoms with Crippen molar-refractivity contribution >= 4 is 21.9 Å². The van der Waals surface area contributed by atoms with E-state index in [9.17, 15) is 18.0 Å². The maximum absolute atomic E-state index is 12.0. The van der Waals surface area contributed by atoms with Crippen molar-refractivity contribution in [1.29, 1.82) is 0 Å². The molecule has 1 aliphatic rings. The van der Waals surface area contributed by atoms with Gasteiger partial charge in [-0.25, -0.2) is 12.7 Å². The van der Waals surface area contributed by atoms with E-state index >= 15 is 0 Å². The first kappa shape index (κ1) is 16.9. The lowest BCUT2D eigenvalue weighted by Crippen LogP contribution is -2.42. The quantitative estimate of drug-likeness (QED) is 0.690. The van der Waals surface area contributed by atoms with Crippen LogP contribution in [0.2, 0.25) is 0 Å². The molecule has 0 spiro atoms. The van der Waals surface area contributed by atoms with Gasteiger partial charge in [0.05, 0.1) is 5.75 Å². The Balaban J connectivity index is 2.35. The number of nitrogens with zero attached hydrogens (tertiary/aromatic N) is 1. The van der Waals surface area contributed by atoms with E-state index in [4.69, 9.17) is 5.11 Å². The molecular formula is C12H22N2O5S. The smallest absolute Gasteiger partial charge is 0.303 e. The summed E-state index contributed by atoms with van der Waals surface area (Å²) in [6.07, 6.45) is 1.46. The number of hydrogen-bond donors (Lipinski definition) is 2. The molecule has 2 N–H and O–H groups in total. The first-order chi connectivity index (χ1) is 9.31. The van der Waals surface area contributed by atoms with Crippen LogP contribution in [0.15, 0.2) is 0 Å². The average molecular weight is 306 g/mol. The normalized spacial score (nSPS) is 17.9. The number of carboxylic acid groups (broad SMARTS) is 1. The minimum absolute atomic E-state index is 0.0753. The second kappa shape index (κ2) is 7.58. The van der Waals surface area contributed by atoms with E-state index < -0.39 is 16.0 Å². The van der Waals surface area contributed by atoms with E-state index in [0.717, 1.165) is 12.8 Å². The summed E-state index contributed by atoms with van der Waals surface area (Å²) in [4.78, 5) is 21.2. The molecule has 0 aromatic carbocycles. The molecule has 1 rings (SSSR count). The predicted octanol–water partition coefficient (Wildman–Crippen LogP) is 0.0291. The minimum atomic E-state index is -3.35. The molecule has 0 unspecified atom stereocenters. The number of rotatable bonds is 7. The second-order valence-electron chi connectivity index (χ2n) is 5.09. The van der Waals surface area contributed by atoms with Crippen LogP contribution in [0.25, 0.3) is 0 Å². The number of amides is 1. The van der Waals surface area contributed by atoms with Crippen molar-refractivity contribution in [1.82, 2.24) is 9.62 Å². The highest BCUT2D eigenvalue weighted by molar-refractivity contribution is 7.89. The first-order valence-corrected chi connectivity index (χ1v) is 8.36. The number of nitrogens with one attached hydrogen (secondary N) is 1. The van der Waals surface area contributed by atoms with Crippen molar-refractivity contribution in [2.45, 2.75) is 32.6 Å². The van der Waals surface area contributed by atoms with Crippen molar-refractivity contribution in [2.24, 2.45) is 5.92 Å². The summed E-state index contributed by atoms with van der Waals surface area (Å²) in [6.45, 7) is 2.93. The fourth-order valence-corrected chi connectivity index (χ4v) is 3.75. The van der Waals surface area contributed by atoms with Crippen molar-refractivity contribution in [2.75, 3.05) is 25.4 Å². The molecule has 7 nitrogen and oxygen atoms in total. The van der Waals surface area contributed by atoms with Gasteiger partial charge in [-0.3, -0.25) is 9.59 Å². The Bertz CT molecular complexity index is 441. The number of piperidine rings is 1. The number of carboxylic acids is 1. The minimum Gasteiger partial charge on any atom is -0.481 e. The Kier molecular flexibility index (Phi) is 6.41. The van der Waals surface area contributed by atoms with Gasteiger partial charge in [0.1, 0.15) is 0 Å². The first-order valence-electron chi connectivity index (χ1n) is 6.75. The lowest BCUT2D eigenvalue weighted by molar-refractivity contribution is -0.137. The van der Waals surface area contributed by atoms with Gasteiger partial charge in [-0.1, -0.05) is 0 Å². The molecule has 0 aliphatic carbocycles. The number of carbonyl (C=O) groups is 2. The second-order valence-corrected chi connectivity index (χ2v) is 7.18. The van der Waals surface area contributed by atoms with Crippen LogP contribution in [-0.2, 0) is 19.6 Å². The largest absolute Gasteiger partial charge is 0.481 e. The van der Waals surface area contributed by atoms with Gasteiger partial charge in [-0.15, -0.1) is 0 Å². The molecular weight excluding hydrogens is 284 g/mol. The molecule has 1 aliphatic heterocycles. The summed E-state index contributed by atoms with van der Waals surface area (Å²) >= 11 is 0. The lowest BCUT2D eigenvalue weighted by atomic mass is 9.98. The summed E-state index contributed by atoms with van der Waals surface area (Å²) in [5.41, 5.74) is 0. The Labute approximate surface area is 119 Å². The van der Waals surface area contributed by atoms with Gasteiger partial charge in [0, 0.05) is 33.0 Å². The molecule has 0 saturated carbocycles. The number of carbonyl (C=O) groups excluding carboxylic acids is 1. The summed E-state index contributed by atoms with van der Waals surface area (Å²) in [5.74, 6) is -0.859. The molecule has 20 heavy (non-hydrogen) atoms. The van der Waals surface area contributed by atoms with Crippen LogP contribution < -0.4 is 5.32 Å². The molecule has 1 heterocycles. The Morgan fingerprint density at radius 3 is 2.40 bits per heavy atom. The highest BCUT2D eigenvalue weighted by Crippen LogP contribution is 2.19. The standard InChI is InChI=1S/C12H22N2O5S/c1-10(15)13-9-11-4-6-14(7-5-11)20(18,19)8-2-3-12(16)17/h11H,2-9H2,1H3,(H,13,15)(H,16,17). The van der Waals surface area contributed by atoms with Crippen LogP contribution in [0.4, 0.5) is 0 Å². The molecule has 0 atom stereocenters. The maximum Gasteiger partial charge on any atom is 0.303 e. The third-order valence-corrected chi connectivity index (χ3v) is 5.36. The Hall–Kier alpha value is -1.15. The van der Waals surface area contributed by atoms with Crippen LogP contribution in [0.1, 0.15) is 32.6 Å². The highest BCUT2D eigenvalue weighted by Gasteiger charge is 2.27. The van der Waals surface area contributed by atoms with Gasteiger partial charge in [0.15, 0.2) is 0 Å². The van der Waals surface area contributed by atoms with Crippen molar-refractivity contribution < 1.29 is 23.1 Å². The van der Waals surface area contributed by atoms with Gasteiger partial charge in [-0.05, 0) is 25.2 Å². The Morgan fingerprint density at radius 2 is 1.90 bits per heavy atom. The van der Waals surface area contributed by atoms with Crippen LogP contribution in [0, 0.1) is 5.92 Å². The van der Waals surface area contributed by atoms with Crippen molar-refractivity contribution in [3.63, 3.8) is 0 Å². The number of sulfonamides is 1. The maximum atomic E-state index is 12.0. The third kappa shape index (κ3) is 5.87. The van der Waals surface area contributed by atoms with Crippen LogP contribution >= 0.6 is 0 Å². The van der Waals surface area contributed by atoms with Gasteiger partial charge < -0.3 is 10.4 Å². The van der Waals surface area contributed by atoms with E-state index in [1.165, 1.54) is 11.2 Å². The fourth-order valence-electron chi connectivity index (χ4n) is 2.21. The topological polar surface area (TPSA) is 104 Å². The zero-order valence-electron chi connectivity index (χ0n) is 11.7. The van der Waals surface area contributed by atoms with E-state index in [-0.39, 0.29) is 24.5 Å². The fraction of sp³-hybridized carbons (Fsp3) is 0.833. The van der Waals surface area contributed by atoms with E-state index in [1.807, 2.05) is 0 Å². The van der Waals surface area contributed by atoms with Gasteiger partial charge in [-0.2, -0.15) is 0 Å². The van der Waals surface area contributed by atoms with Gasteiger partial charge in [0.2, 0.25) is 15.9 Å². The number of hydrogen-bond acceptors (Lipinski definition) is 4. The third-order valence-electron chi connectivity index (χ3n) is 3.40. The molecule has 116 valence electrons. The molecule has 0 aromatic heterocycles. The molecule has 0 aromatic rings. The van der Waals surface area contributed by atoms with Gasteiger partial charge in [0.25, 0.3) is 0 Å². The SMILES string of the molecule is CC(=O)NCC1CCN(S(=O)(=O)CCCC(=O)O)CC1. The van der Waals surface area contributed by atoms with E-state index in [1.54, 1.807) is 0 Å². The van der Waals surface area contributed by atoms with Crippen LogP contribution in [0.3, 0.4) is 0 Å². The van der Waals surface area contributed by atoms with Gasteiger partial charge >= 0.3 is 5.97 Å². The monoisotopic (exact) mass is 306 g/mol. The van der Waals surface area contributed by atoms with Crippen LogP contribution in [-0.4, -0.2) is 55.1 Å². The average Bonchev–Trinajstić information content (AvgIpc) is 2.36. The van der Waals surface area contributed by atoms with E-state index in [2.05, 4.69) is 5.32 Å². The summed E-state index contributed by atoms with van der Waals surface area (Å²) in [7, 11) is -3.35. The molecule has 1 fully saturated rings. The van der Waals surface area contributed by atoms with Crippen LogP contribution in [0.5, 0.6) is 0 Å². The summed E-state index contributed by atoms with van der Waals surface area (Å²) < 4.78 is 25.4. The molecule has 8 heteroatoms. The predicted molar refractivity (Wildman–Crippen MR) is 73.6 cm³/mol. The zero-order valence-corrected chi connectivity index (χ0v) is 12.5. The van der Waals surface area contributed by atoms with Crippen molar-refractivity contribution in [3.05, 3.63) is 0 Å². The summed E-state index contributed by atoms with van der Waals surface area (Å²) in [5, 5.41) is 11.3. The summed E-state index contributed by atoms with van der Waals surface area (Å²) in [6, 6.07) is 0. The molecule has 0 radical (unpaired) electrons. The van der Waals surface area contributed by atoms with Crippen molar-refractivity contribution in [3.8, 4) is 0 Å². The lowest BCUT2D eigenvalue weighted by Gasteiger charge is -2.31. The molecule has 1 amide bonds. The zero-order chi connectivity index (χ0) is 15.2. The molecule has 1 saturated heterocycles. The Morgan fingerprint density at radius 1 is 1.30 bits per heavy atom. The highest BCUT2D eigenvalue weighted by atomic mass is 32.2.